The second kappa shape index (κ2) is 7.31. The molecule has 12 heavy (non-hydrogen) atoms. The Labute approximate surface area is 110 Å². The maximum Gasteiger partial charge on any atom is 1.00 e. The molecule has 0 fully saturated rings. The minimum atomic E-state index is -1.39. The van der Waals surface area contributed by atoms with Gasteiger partial charge in [0.25, 0.3) is 0 Å². The Hall–Kier alpha value is 2.00. The van der Waals surface area contributed by atoms with Gasteiger partial charge in [0.15, 0.2) is 0 Å². The standard InChI is InChI=1S/C8H19PS2.Na/c1-7(2)5-9(10,11)6-8(3)4;/h7-8H,5-6H2,1-4H3,(H,10,11);/q;+1/p-1. The van der Waals surface area contributed by atoms with E-state index in [9.17, 15) is 0 Å². The van der Waals surface area contributed by atoms with Crippen molar-refractivity contribution in [1.82, 2.24) is 0 Å². The summed E-state index contributed by atoms with van der Waals surface area (Å²) in [5.41, 5.74) is 0. The summed E-state index contributed by atoms with van der Waals surface area (Å²) in [6.45, 7) is 8.81. The molecule has 0 unspecified atom stereocenters. The van der Waals surface area contributed by atoms with Gasteiger partial charge in [-0.25, -0.2) is 0 Å². The van der Waals surface area contributed by atoms with Crippen LogP contribution in [0.2, 0.25) is 0 Å². The Morgan fingerprint density at radius 1 is 1.08 bits per heavy atom. The molecule has 0 atom stereocenters. The normalized spacial score (nSPS) is 11.9. The van der Waals surface area contributed by atoms with Crippen LogP contribution in [-0.2, 0) is 24.1 Å². The van der Waals surface area contributed by atoms with Crippen molar-refractivity contribution in [2.24, 2.45) is 11.8 Å². The molecule has 0 aliphatic rings. The number of hydrogen-bond acceptors (Lipinski definition) is 2. The SMILES string of the molecule is CC(C)CP(=S)([S-])CC(C)C.[Na+]. The average molecular weight is 232 g/mol. The second-order valence-corrected chi connectivity index (χ2v) is 11.2. The van der Waals surface area contributed by atoms with Gasteiger partial charge < -0.3 is 12.2 Å². The van der Waals surface area contributed by atoms with E-state index in [1.54, 1.807) is 0 Å². The molecule has 0 aromatic heterocycles. The molecule has 0 aromatic rings. The van der Waals surface area contributed by atoms with Crippen LogP contribution in [0.1, 0.15) is 27.7 Å². The van der Waals surface area contributed by atoms with Crippen LogP contribution in [0.4, 0.5) is 0 Å². The molecule has 0 nitrogen and oxygen atoms in total. The monoisotopic (exact) mass is 232 g/mol. The Kier molecular flexibility index (Phi) is 10.0. The minimum absolute atomic E-state index is 0. The zero-order valence-corrected chi connectivity index (χ0v) is 13.4. The summed E-state index contributed by atoms with van der Waals surface area (Å²) in [4.78, 5) is 0. The molecule has 0 aromatic carbocycles. The van der Waals surface area contributed by atoms with Gasteiger partial charge in [-0.3, -0.25) is 0 Å². The van der Waals surface area contributed by atoms with Gasteiger partial charge in [0.2, 0.25) is 0 Å². The Morgan fingerprint density at radius 3 is 1.50 bits per heavy atom. The van der Waals surface area contributed by atoms with Crippen LogP contribution in [-0.4, -0.2) is 12.3 Å². The van der Waals surface area contributed by atoms with Crippen molar-refractivity contribution in [3.8, 4) is 0 Å². The van der Waals surface area contributed by atoms with Gasteiger partial charge in [0.1, 0.15) is 0 Å². The molecule has 0 aliphatic heterocycles. The van der Waals surface area contributed by atoms with E-state index in [1.165, 1.54) is 0 Å². The molecule has 0 amide bonds. The first-order valence-electron chi connectivity index (χ1n) is 4.12. The van der Waals surface area contributed by atoms with Crippen molar-refractivity contribution in [2.75, 3.05) is 12.3 Å². The van der Waals surface area contributed by atoms with Crippen LogP contribution in [0.15, 0.2) is 0 Å². The number of rotatable bonds is 4. The summed E-state index contributed by atoms with van der Waals surface area (Å²) >= 11 is 10.8. The summed E-state index contributed by atoms with van der Waals surface area (Å²) in [5, 5.41) is -1.39. The first kappa shape index (κ1) is 16.4. The van der Waals surface area contributed by atoms with Crippen molar-refractivity contribution in [3.05, 3.63) is 0 Å². The molecule has 0 radical (unpaired) electrons. The molecule has 0 N–H and O–H groups in total. The predicted octanol–water partition coefficient (Wildman–Crippen LogP) is 0.244. The van der Waals surface area contributed by atoms with E-state index in [1.807, 2.05) is 0 Å². The van der Waals surface area contributed by atoms with E-state index < -0.39 is 5.24 Å². The van der Waals surface area contributed by atoms with Crippen LogP contribution in [0.5, 0.6) is 0 Å². The summed E-state index contributed by atoms with van der Waals surface area (Å²) in [6.07, 6.45) is 2.19. The molecule has 0 spiro atoms. The summed E-state index contributed by atoms with van der Waals surface area (Å²) in [6, 6.07) is 0. The Morgan fingerprint density at radius 2 is 1.33 bits per heavy atom. The van der Waals surface area contributed by atoms with E-state index in [-0.39, 0.29) is 29.6 Å². The first-order chi connectivity index (χ1) is 4.83. The fourth-order valence-electron chi connectivity index (χ4n) is 1.19. The van der Waals surface area contributed by atoms with Crippen molar-refractivity contribution >= 4 is 29.3 Å². The molecule has 0 heterocycles. The summed E-state index contributed by atoms with van der Waals surface area (Å²) in [7, 11) is 0. The van der Waals surface area contributed by atoms with E-state index in [4.69, 9.17) is 24.1 Å². The second-order valence-electron chi connectivity index (χ2n) is 3.97. The van der Waals surface area contributed by atoms with Crippen molar-refractivity contribution in [2.45, 2.75) is 27.7 Å². The molecular weight excluding hydrogens is 214 g/mol. The summed E-state index contributed by atoms with van der Waals surface area (Å²) < 4.78 is 0. The van der Waals surface area contributed by atoms with Gasteiger partial charge in [-0.15, -0.1) is 11.8 Å². The number of hydrogen-bond donors (Lipinski definition) is 0. The molecule has 0 bridgehead atoms. The molecule has 0 saturated carbocycles. The van der Waals surface area contributed by atoms with Gasteiger partial charge in [0, 0.05) is 0 Å². The van der Waals surface area contributed by atoms with E-state index in [0.29, 0.717) is 11.8 Å². The molecule has 0 saturated heterocycles. The van der Waals surface area contributed by atoms with Crippen LogP contribution in [0.25, 0.3) is 0 Å². The average Bonchev–Trinajstić information content (AvgIpc) is 1.53. The van der Waals surface area contributed by atoms with Gasteiger partial charge in [-0.2, -0.15) is 5.24 Å². The van der Waals surface area contributed by atoms with Crippen LogP contribution in [0.3, 0.4) is 0 Å². The molecule has 0 aliphatic carbocycles. The quantitative estimate of drug-likeness (QED) is 0.387. The first-order valence-corrected chi connectivity index (χ1v) is 8.31. The maximum absolute atomic E-state index is 5.42. The Balaban J connectivity index is 0. The zero-order valence-electron chi connectivity index (χ0n) is 8.83. The van der Waals surface area contributed by atoms with Gasteiger partial charge in [0.05, 0.1) is 0 Å². The third-order valence-electron chi connectivity index (χ3n) is 1.29. The molecule has 0 rings (SSSR count). The maximum atomic E-state index is 5.42. The molecule has 68 valence electrons. The van der Waals surface area contributed by atoms with Crippen molar-refractivity contribution in [1.29, 1.82) is 0 Å². The third kappa shape index (κ3) is 10.1. The largest absolute Gasteiger partial charge is 1.00 e. The van der Waals surface area contributed by atoms with Crippen LogP contribution in [0, 0.1) is 11.8 Å². The fourth-order valence-corrected chi connectivity index (χ4v) is 7.14. The van der Waals surface area contributed by atoms with E-state index in [2.05, 4.69) is 27.7 Å². The van der Waals surface area contributed by atoms with Gasteiger partial charge in [-0.05, 0) is 24.2 Å². The minimum Gasteiger partial charge on any atom is -0.746 e. The van der Waals surface area contributed by atoms with E-state index in [0.717, 1.165) is 12.3 Å². The third-order valence-corrected chi connectivity index (χ3v) is 5.65. The van der Waals surface area contributed by atoms with Gasteiger partial charge in [-0.1, -0.05) is 27.7 Å². The van der Waals surface area contributed by atoms with Crippen LogP contribution >= 0.6 is 5.24 Å². The summed E-state index contributed by atoms with van der Waals surface area (Å²) in [5.74, 6) is 1.36. The van der Waals surface area contributed by atoms with Crippen LogP contribution < -0.4 is 29.6 Å². The topological polar surface area (TPSA) is 0 Å². The molecule has 4 heteroatoms. The predicted molar refractivity (Wildman–Crippen MR) is 61.1 cm³/mol. The molecular formula is C8H18NaPS2. The smallest absolute Gasteiger partial charge is 0.746 e. The fraction of sp³-hybridized carbons (Fsp3) is 1.00. The van der Waals surface area contributed by atoms with Gasteiger partial charge >= 0.3 is 29.6 Å². The van der Waals surface area contributed by atoms with E-state index >= 15 is 0 Å². The van der Waals surface area contributed by atoms with Crippen molar-refractivity contribution < 1.29 is 29.6 Å². The Bertz CT molecular complexity index is 143. The van der Waals surface area contributed by atoms with Crippen molar-refractivity contribution in [3.63, 3.8) is 0 Å². The zero-order chi connectivity index (χ0) is 9.07.